The number of benzene rings is 2. The molecule has 0 unspecified atom stereocenters. The van der Waals surface area contributed by atoms with Crippen molar-refractivity contribution in [2.24, 2.45) is 0 Å². The van der Waals surface area contributed by atoms with Crippen molar-refractivity contribution in [2.75, 3.05) is 0 Å². The second-order valence-electron chi connectivity index (χ2n) is 4.95. The number of carbonyl (C=O) groups excluding carboxylic acids is 1. The fraction of sp³-hybridized carbons (Fsp3) is 0.235. The first-order valence-corrected chi connectivity index (χ1v) is 7.60. The van der Waals surface area contributed by atoms with Crippen LogP contribution >= 0.6 is 23.2 Å². The lowest BCUT2D eigenvalue weighted by molar-refractivity contribution is -0.121. The van der Waals surface area contributed by atoms with Crippen molar-refractivity contribution in [3.05, 3.63) is 69.7 Å². The zero-order valence-electron chi connectivity index (χ0n) is 11.8. The SMILES string of the molecule is C[C@H](NC(=O)CCc1ccc(Cl)c(Cl)c1)c1ccccc1. The van der Waals surface area contributed by atoms with Crippen LogP contribution in [0.2, 0.25) is 10.0 Å². The molecule has 0 saturated heterocycles. The van der Waals surface area contributed by atoms with Crippen LogP contribution in [0.3, 0.4) is 0 Å². The number of hydrogen-bond acceptors (Lipinski definition) is 1. The molecule has 0 heterocycles. The molecule has 21 heavy (non-hydrogen) atoms. The Morgan fingerprint density at radius 1 is 1.10 bits per heavy atom. The van der Waals surface area contributed by atoms with Gasteiger partial charge in [-0.3, -0.25) is 4.79 Å². The monoisotopic (exact) mass is 321 g/mol. The Hall–Kier alpha value is -1.51. The van der Waals surface area contributed by atoms with E-state index in [0.717, 1.165) is 11.1 Å². The van der Waals surface area contributed by atoms with Crippen LogP contribution in [-0.4, -0.2) is 5.91 Å². The molecular formula is C17H17Cl2NO. The third-order valence-electron chi connectivity index (χ3n) is 3.30. The summed E-state index contributed by atoms with van der Waals surface area (Å²) in [5.41, 5.74) is 2.10. The Morgan fingerprint density at radius 3 is 2.48 bits per heavy atom. The molecule has 2 aromatic rings. The topological polar surface area (TPSA) is 29.1 Å². The summed E-state index contributed by atoms with van der Waals surface area (Å²) in [6.45, 7) is 1.98. The normalized spacial score (nSPS) is 12.0. The van der Waals surface area contributed by atoms with E-state index in [-0.39, 0.29) is 11.9 Å². The van der Waals surface area contributed by atoms with Gasteiger partial charge in [-0.15, -0.1) is 0 Å². The highest BCUT2D eigenvalue weighted by Gasteiger charge is 2.09. The van der Waals surface area contributed by atoms with Crippen LogP contribution in [0.15, 0.2) is 48.5 Å². The van der Waals surface area contributed by atoms with E-state index in [2.05, 4.69) is 5.32 Å². The fourth-order valence-electron chi connectivity index (χ4n) is 2.09. The summed E-state index contributed by atoms with van der Waals surface area (Å²) in [5.74, 6) is 0.0254. The quantitative estimate of drug-likeness (QED) is 0.841. The molecule has 2 aromatic carbocycles. The van der Waals surface area contributed by atoms with Gasteiger partial charge in [0.25, 0.3) is 0 Å². The first kappa shape index (κ1) is 15.9. The zero-order chi connectivity index (χ0) is 15.2. The lowest BCUT2D eigenvalue weighted by atomic mass is 10.1. The minimum atomic E-state index is 0.00695. The van der Waals surface area contributed by atoms with Crippen LogP contribution in [0.4, 0.5) is 0 Å². The Labute approximate surface area is 135 Å². The van der Waals surface area contributed by atoms with Gasteiger partial charge in [-0.25, -0.2) is 0 Å². The first-order chi connectivity index (χ1) is 10.1. The van der Waals surface area contributed by atoms with Crippen molar-refractivity contribution < 1.29 is 4.79 Å². The third kappa shape index (κ3) is 4.76. The van der Waals surface area contributed by atoms with Crippen molar-refractivity contribution in [2.45, 2.75) is 25.8 Å². The standard InChI is InChI=1S/C17H17Cl2NO/c1-12(14-5-3-2-4-6-14)20-17(21)10-8-13-7-9-15(18)16(19)11-13/h2-7,9,11-12H,8,10H2,1H3,(H,20,21)/t12-/m0/s1. The van der Waals surface area contributed by atoms with E-state index in [4.69, 9.17) is 23.2 Å². The molecule has 4 heteroatoms. The number of rotatable bonds is 5. The molecule has 0 radical (unpaired) electrons. The Morgan fingerprint density at radius 2 is 1.81 bits per heavy atom. The summed E-state index contributed by atoms with van der Waals surface area (Å²) in [6.07, 6.45) is 1.07. The second-order valence-corrected chi connectivity index (χ2v) is 5.76. The van der Waals surface area contributed by atoms with Crippen molar-refractivity contribution >= 4 is 29.1 Å². The third-order valence-corrected chi connectivity index (χ3v) is 4.04. The molecule has 0 fully saturated rings. The van der Waals surface area contributed by atoms with Crippen LogP contribution < -0.4 is 5.32 Å². The van der Waals surface area contributed by atoms with E-state index >= 15 is 0 Å². The van der Waals surface area contributed by atoms with Crippen LogP contribution in [0.25, 0.3) is 0 Å². The maximum absolute atomic E-state index is 12.0. The first-order valence-electron chi connectivity index (χ1n) is 6.84. The molecular weight excluding hydrogens is 305 g/mol. The summed E-state index contributed by atoms with van der Waals surface area (Å²) < 4.78 is 0. The highest BCUT2D eigenvalue weighted by Crippen LogP contribution is 2.23. The molecule has 1 N–H and O–H groups in total. The minimum absolute atomic E-state index is 0.00695. The number of carbonyl (C=O) groups is 1. The number of amides is 1. The molecule has 110 valence electrons. The van der Waals surface area contributed by atoms with Gasteiger partial charge < -0.3 is 5.32 Å². The molecule has 0 aromatic heterocycles. The van der Waals surface area contributed by atoms with Crippen molar-refractivity contribution in [3.63, 3.8) is 0 Å². The highest BCUT2D eigenvalue weighted by atomic mass is 35.5. The van der Waals surface area contributed by atoms with Crippen LogP contribution in [-0.2, 0) is 11.2 Å². The van der Waals surface area contributed by atoms with E-state index in [1.54, 1.807) is 12.1 Å². The summed E-state index contributed by atoms with van der Waals surface area (Å²) in [6, 6.07) is 15.4. The smallest absolute Gasteiger partial charge is 0.220 e. The van der Waals surface area contributed by atoms with Gasteiger partial charge >= 0.3 is 0 Å². The van der Waals surface area contributed by atoms with Gasteiger partial charge in [0.05, 0.1) is 16.1 Å². The number of halogens is 2. The van der Waals surface area contributed by atoms with Gasteiger partial charge in [0.2, 0.25) is 5.91 Å². The van der Waals surface area contributed by atoms with E-state index in [0.29, 0.717) is 22.9 Å². The molecule has 0 spiro atoms. The van der Waals surface area contributed by atoms with Gasteiger partial charge in [-0.1, -0.05) is 59.6 Å². The minimum Gasteiger partial charge on any atom is -0.350 e. The summed E-state index contributed by atoms with van der Waals surface area (Å²) in [4.78, 5) is 12.0. The zero-order valence-corrected chi connectivity index (χ0v) is 13.3. The van der Waals surface area contributed by atoms with E-state index in [1.807, 2.05) is 43.3 Å². The van der Waals surface area contributed by atoms with E-state index < -0.39 is 0 Å². The molecule has 2 nitrogen and oxygen atoms in total. The van der Waals surface area contributed by atoms with Crippen molar-refractivity contribution in [1.29, 1.82) is 0 Å². The predicted molar refractivity (Wildman–Crippen MR) is 87.8 cm³/mol. The molecule has 0 aliphatic heterocycles. The highest BCUT2D eigenvalue weighted by molar-refractivity contribution is 6.42. The Balaban J connectivity index is 1.86. The maximum atomic E-state index is 12.0. The summed E-state index contributed by atoms with van der Waals surface area (Å²) >= 11 is 11.8. The Bertz CT molecular complexity index is 613. The molecule has 0 aliphatic rings. The maximum Gasteiger partial charge on any atom is 0.220 e. The van der Waals surface area contributed by atoms with Gasteiger partial charge in [0, 0.05) is 6.42 Å². The fourth-order valence-corrected chi connectivity index (χ4v) is 2.41. The van der Waals surface area contributed by atoms with Crippen LogP contribution in [0.5, 0.6) is 0 Å². The van der Waals surface area contributed by atoms with Crippen molar-refractivity contribution in [1.82, 2.24) is 5.32 Å². The largest absolute Gasteiger partial charge is 0.350 e. The average Bonchev–Trinajstić information content (AvgIpc) is 2.49. The van der Waals surface area contributed by atoms with Crippen LogP contribution in [0, 0.1) is 0 Å². The van der Waals surface area contributed by atoms with Gasteiger partial charge in [0.1, 0.15) is 0 Å². The molecule has 0 saturated carbocycles. The van der Waals surface area contributed by atoms with Crippen LogP contribution in [0.1, 0.15) is 30.5 Å². The predicted octanol–water partition coefficient (Wildman–Crippen LogP) is 4.80. The Kier molecular flexibility index (Phi) is 5.66. The molecule has 0 aliphatic carbocycles. The number of hydrogen-bond donors (Lipinski definition) is 1. The van der Waals surface area contributed by atoms with E-state index in [9.17, 15) is 4.79 Å². The number of nitrogens with one attached hydrogen (secondary N) is 1. The van der Waals surface area contributed by atoms with Crippen molar-refractivity contribution in [3.8, 4) is 0 Å². The van der Waals surface area contributed by atoms with Gasteiger partial charge in [-0.05, 0) is 36.6 Å². The van der Waals surface area contributed by atoms with Gasteiger partial charge in [-0.2, -0.15) is 0 Å². The molecule has 0 bridgehead atoms. The second kappa shape index (κ2) is 7.48. The average molecular weight is 322 g/mol. The molecule has 1 amide bonds. The summed E-state index contributed by atoms with van der Waals surface area (Å²) in [7, 11) is 0. The number of aryl methyl sites for hydroxylation is 1. The van der Waals surface area contributed by atoms with Gasteiger partial charge in [0.15, 0.2) is 0 Å². The lowest BCUT2D eigenvalue weighted by Gasteiger charge is -2.14. The lowest BCUT2D eigenvalue weighted by Crippen LogP contribution is -2.26. The molecule has 1 atom stereocenters. The summed E-state index contributed by atoms with van der Waals surface area (Å²) in [5, 5.41) is 4.05. The molecule has 2 rings (SSSR count). The van der Waals surface area contributed by atoms with E-state index in [1.165, 1.54) is 0 Å².